The Morgan fingerprint density at radius 2 is 2.00 bits per heavy atom. The summed E-state index contributed by atoms with van der Waals surface area (Å²) < 4.78 is 5.81. The molecular weight excluding hydrogens is 373 g/mol. The van der Waals surface area contributed by atoms with Crippen LogP contribution in [0.2, 0.25) is 0 Å². The molecule has 1 N–H and O–H groups in total. The second-order valence-electron chi connectivity index (χ2n) is 5.94. The number of aromatic nitrogens is 1. The van der Waals surface area contributed by atoms with Crippen LogP contribution in [0.4, 0.5) is 0 Å². The number of halogens is 2. The molecule has 3 rings (SSSR count). The van der Waals surface area contributed by atoms with Gasteiger partial charge in [0.15, 0.2) is 0 Å². The number of carbonyl (C=O) groups is 1. The van der Waals surface area contributed by atoms with Crippen LogP contribution in [-0.4, -0.2) is 41.5 Å². The number of hydrogen-bond donors (Lipinski definition) is 1. The second-order valence-corrected chi connectivity index (χ2v) is 5.94. The standard InChI is InChI=1S/C19H23N3O2.2ClH/c1-2-12-22(15-8-10-20-14-15)19(23)18-13-17(9-11-21-18)24-16-6-4-3-5-7-16;;/h3-7,9,11,13,15,20H,2,8,10,12,14H2,1H3;2*1H. The molecule has 7 heteroatoms. The number of pyridine rings is 1. The van der Waals surface area contributed by atoms with Gasteiger partial charge in [0.25, 0.3) is 5.91 Å². The Balaban J connectivity index is 0.00000169. The van der Waals surface area contributed by atoms with Gasteiger partial charge in [-0.05, 0) is 37.6 Å². The lowest BCUT2D eigenvalue weighted by atomic mass is 10.2. The van der Waals surface area contributed by atoms with E-state index < -0.39 is 0 Å². The van der Waals surface area contributed by atoms with Gasteiger partial charge < -0.3 is 15.0 Å². The Kier molecular flexibility index (Phi) is 9.41. The quantitative estimate of drug-likeness (QED) is 0.801. The lowest BCUT2D eigenvalue weighted by molar-refractivity contribution is 0.0686. The van der Waals surface area contributed by atoms with Crippen molar-refractivity contribution in [3.63, 3.8) is 0 Å². The Bertz CT molecular complexity index is 679. The van der Waals surface area contributed by atoms with Crippen LogP contribution in [0.1, 0.15) is 30.3 Å². The smallest absolute Gasteiger partial charge is 0.272 e. The average molecular weight is 398 g/mol. The molecular formula is C19H25Cl2N3O2. The van der Waals surface area contributed by atoms with E-state index in [1.807, 2.05) is 35.2 Å². The third kappa shape index (κ3) is 5.59. The Hall–Kier alpha value is -1.82. The molecule has 5 nitrogen and oxygen atoms in total. The molecule has 1 amide bonds. The summed E-state index contributed by atoms with van der Waals surface area (Å²) in [6.45, 7) is 4.65. The Labute approximate surface area is 167 Å². The molecule has 0 radical (unpaired) electrons. The summed E-state index contributed by atoms with van der Waals surface area (Å²) in [4.78, 5) is 19.1. The maximum absolute atomic E-state index is 12.9. The minimum atomic E-state index is -0.0240. The molecule has 1 aliphatic rings. The number of ether oxygens (including phenoxy) is 1. The minimum absolute atomic E-state index is 0. The van der Waals surface area contributed by atoms with E-state index in [1.54, 1.807) is 18.3 Å². The molecule has 0 spiro atoms. The van der Waals surface area contributed by atoms with Gasteiger partial charge in [-0.15, -0.1) is 24.8 Å². The summed E-state index contributed by atoms with van der Waals surface area (Å²) >= 11 is 0. The van der Waals surface area contributed by atoms with Crippen molar-refractivity contribution in [2.24, 2.45) is 0 Å². The van der Waals surface area contributed by atoms with Gasteiger partial charge >= 0.3 is 0 Å². The van der Waals surface area contributed by atoms with E-state index in [-0.39, 0.29) is 36.8 Å². The van der Waals surface area contributed by atoms with Gasteiger partial charge in [-0.25, -0.2) is 0 Å². The van der Waals surface area contributed by atoms with E-state index in [9.17, 15) is 4.79 Å². The van der Waals surface area contributed by atoms with E-state index in [0.29, 0.717) is 11.4 Å². The van der Waals surface area contributed by atoms with Gasteiger partial charge in [0.1, 0.15) is 17.2 Å². The van der Waals surface area contributed by atoms with Crippen molar-refractivity contribution in [3.8, 4) is 11.5 Å². The molecule has 0 bridgehead atoms. The van der Waals surface area contributed by atoms with Crippen LogP contribution >= 0.6 is 24.8 Å². The van der Waals surface area contributed by atoms with Crippen molar-refractivity contribution in [1.29, 1.82) is 0 Å². The molecule has 1 fully saturated rings. The molecule has 1 aromatic carbocycles. The van der Waals surface area contributed by atoms with E-state index in [0.717, 1.165) is 38.2 Å². The normalized spacial score (nSPS) is 15.5. The van der Waals surface area contributed by atoms with Crippen molar-refractivity contribution in [2.45, 2.75) is 25.8 Å². The number of nitrogens with zero attached hydrogens (tertiary/aromatic N) is 2. The summed E-state index contributed by atoms with van der Waals surface area (Å²) in [6, 6.07) is 13.3. The zero-order valence-corrected chi connectivity index (χ0v) is 16.4. The fraction of sp³-hybridized carbons (Fsp3) is 0.368. The van der Waals surface area contributed by atoms with E-state index >= 15 is 0 Å². The number of hydrogen-bond acceptors (Lipinski definition) is 4. The molecule has 2 aromatic rings. The fourth-order valence-electron chi connectivity index (χ4n) is 2.96. The van der Waals surface area contributed by atoms with Gasteiger partial charge in [-0.1, -0.05) is 25.1 Å². The number of para-hydroxylation sites is 1. The van der Waals surface area contributed by atoms with E-state index in [2.05, 4.69) is 17.2 Å². The number of rotatable bonds is 6. The molecule has 142 valence electrons. The predicted molar refractivity (Wildman–Crippen MR) is 108 cm³/mol. The van der Waals surface area contributed by atoms with Crippen molar-refractivity contribution < 1.29 is 9.53 Å². The number of benzene rings is 1. The molecule has 2 heterocycles. The average Bonchev–Trinajstić information content (AvgIpc) is 3.14. The van der Waals surface area contributed by atoms with Crippen molar-refractivity contribution >= 4 is 30.7 Å². The van der Waals surface area contributed by atoms with Crippen LogP contribution in [-0.2, 0) is 0 Å². The van der Waals surface area contributed by atoms with Gasteiger partial charge in [0.05, 0.1) is 0 Å². The maximum atomic E-state index is 12.9. The van der Waals surface area contributed by atoms with Gasteiger partial charge in [0.2, 0.25) is 0 Å². The lowest BCUT2D eigenvalue weighted by Gasteiger charge is -2.28. The highest BCUT2D eigenvalue weighted by Crippen LogP contribution is 2.22. The SMILES string of the molecule is CCCN(C(=O)c1cc(Oc2ccccc2)ccn1)C1CCNC1.Cl.Cl. The van der Waals surface area contributed by atoms with Crippen LogP contribution in [0.3, 0.4) is 0 Å². The molecule has 26 heavy (non-hydrogen) atoms. The zero-order chi connectivity index (χ0) is 16.8. The van der Waals surface area contributed by atoms with Crippen molar-refractivity contribution in [3.05, 3.63) is 54.4 Å². The van der Waals surface area contributed by atoms with E-state index in [4.69, 9.17) is 4.74 Å². The number of nitrogens with one attached hydrogen (secondary N) is 1. The third-order valence-electron chi connectivity index (χ3n) is 4.13. The summed E-state index contributed by atoms with van der Waals surface area (Å²) in [6.07, 6.45) is 3.55. The number of carbonyl (C=O) groups excluding carboxylic acids is 1. The van der Waals surface area contributed by atoms with Crippen LogP contribution in [0, 0.1) is 0 Å². The molecule has 0 aliphatic carbocycles. The molecule has 1 unspecified atom stereocenters. The summed E-state index contributed by atoms with van der Waals surface area (Å²) in [5.41, 5.74) is 0.434. The first-order chi connectivity index (χ1) is 11.8. The Morgan fingerprint density at radius 1 is 1.23 bits per heavy atom. The van der Waals surface area contributed by atoms with Crippen LogP contribution in [0.5, 0.6) is 11.5 Å². The minimum Gasteiger partial charge on any atom is -0.457 e. The summed E-state index contributed by atoms with van der Waals surface area (Å²) in [5, 5.41) is 3.32. The predicted octanol–water partition coefficient (Wildman–Crippen LogP) is 3.93. The van der Waals surface area contributed by atoms with Gasteiger partial charge in [0, 0.05) is 31.4 Å². The number of amides is 1. The largest absolute Gasteiger partial charge is 0.457 e. The topological polar surface area (TPSA) is 54.5 Å². The Morgan fingerprint density at radius 3 is 2.65 bits per heavy atom. The van der Waals surface area contributed by atoms with Crippen molar-refractivity contribution in [2.75, 3.05) is 19.6 Å². The van der Waals surface area contributed by atoms with Crippen LogP contribution < -0.4 is 10.1 Å². The lowest BCUT2D eigenvalue weighted by Crippen LogP contribution is -2.42. The molecule has 0 saturated carbocycles. The van der Waals surface area contributed by atoms with Crippen LogP contribution in [0.15, 0.2) is 48.7 Å². The highest BCUT2D eigenvalue weighted by molar-refractivity contribution is 5.93. The zero-order valence-electron chi connectivity index (χ0n) is 14.8. The molecule has 1 aliphatic heterocycles. The van der Waals surface area contributed by atoms with Gasteiger partial charge in [-0.2, -0.15) is 0 Å². The van der Waals surface area contributed by atoms with Gasteiger partial charge in [-0.3, -0.25) is 9.78 Å². The first kappa shape index (κ1) is 22.2. The van der Waals surface area contributed by atoms with Crippen molar-refractivity contribution in [1.82, 2.24) is 15.2 Å². The molecule has 1 atom stereocenters. The monoisotopic (exact) mass is 397 g/mol. The highest BCUT2D eigenvalue weighted by atomic mass is 35.5. The second kappa shape index (κ2) is 11.0. The molecule has 1 aromatic heterocycles. The highest BCUT2D eigenvalue weighted by Gasteiger charge is 2.27. The van der Waals surface area contributed by atoms with E-state index in [1.165, 1.54) is 0 Å². The summed E-state index contributed by atoms with van der Waals surface area (Å²) in [5.74, 6) is 1.34. The van der Waals surface area contributed by atoms with Crippen LogP contribution in [0.25, 0.3) is 0 Å². The fourth-order valence-corrected chi connectivity index (χ4v) is 2.96. The first-order valence-electron chi connectivity index (χ1n) is 8.48. The maximum Gasteiger partial charge on any atom is 0.272 e. The third-order valence-corrected chi connectivity index (χ3v) is 4.13. The summed E-state index contributed by atoms with van der Waals surface area (Å²) in [7, 11) is 0. The first-order valence-corrected chi connectivity index (χ1v) is 8.48. The molecule has 1 saturated heterocycles.